The molecule has 2 rings (SSSR count). The van der Waals surface area contributed by atoms with Crippen LogP contribution in [0, 0.1) is 5.92 Å². The van der Waals surface area contributed by atoms with Gasteiger partial charge >= 0.3 is 0 Å². The predicted octanol–water partition coefficient (Wildman–Crippen LogP) is 4.18. The minimum absolute atomic E-state index is 0.770. The molecule has 0 radical (unpaired) electrons. The van der Waals surface area contributed by atoms with Crippen LogP contribution in [0.2, 0.25) is 0 Å². The minimum atomic E-state index is 0.770. The zero-order chi connectivity index (χ0) is 15.1. The van der Waals surface area contributed by atoms with Crippen LogP contribution in [0.1, 0.15) is 64.2 Å². The largest absolute Gasteiger partial charge is 0.468 e. The molecule has 21 heavy (non-hydrogen) atoms. The van der Waals surface area contributed by atoms with Crippen LogP contribution in [0.5, 0.6) is 0 Å². The van der Waals surface area contributed by atoms with Crippen LogP contribution in [0.4, 0.5) is 0 Å². The molecule has 1 saturated carbocycles. The summed E-state index contributed by atoms with van der Waals surface area (Å²) in [5.41, 5.74) is 1.27. The molecule has 0 amide bonds. The molecular weight excluding hydrogens is 260 g/mol. The first-order valence-corrected chi connectivity index (χ1v) is 8.70. The highest BCUT2D eigenvalue weighted by atomic mass is 16.3. The van der Waals surface area contributed by atoms with Crippen molar-refractivity contribution in [2.75, 3.05) is 13.1 Å². The molecule has 1 fully saturated rings. The van der Waals surface area contributed by atoms with Crippen molar-refractivity contribution in [1.82, 2.24) is 10.2 Å². The summed E-state index contributed by atoms with van der Waals surface area (Å²) in [6, 6.07) is 2.99. The molecule has 1 aliphatic carbocycles. The average molecular weight is 292 g/mol. The highest BCUT2D eigenvalue weighted by Crippen LogP contribution is 2.26. The summed E-state index contributed by atoms with van der Waals surface area (Å²) in [6.07, 6.45) is 8.71. The molecule has 0 bridgehead atoms. The van der Waals surface area contributed by atoms with Gasteiger partial charge in [-0.25, -0.2) is 0 Å². The summed E-state index contributed by atoms with van der Waals surface area (Å²) in [4.78, 5) is 2.66. The van der Waals surface area contributed by atoms with Crippen molar-refractivity contribution in [2.24, 2.45) is 5.92 Å². The zero-order valence-corrected chi connectivity index (χ0v) is 14.0. The van der Waals surface area contributed by atoms with Gasteiger partial charge in [0.05, 0.1) is 12.8 Å². The Morgan fingerprint density at radius 3 is 2.76 bits per heavy atom. The van der Waals surface area contributed by atoms with Crippen LogP contribution < -0.4 is 5.32 Å². The number of rotatable bonds is 9. The van der Waals surface area contributed by atoms with Gasteiger partial charge in [0.2, 0.25) is 0 Å². The molecule has 1 N–H and O–H groups in total. The number of nitrogens with one attached hydrogen (secondary N) is 1. The first kappa shape index (κ1) is 16.6. The second-order valence-electron chi connectivity index (χ2n) is 6.79. The number of hydrogen-bond acceptors (Lipinski definition) is 3. The molecule has 0 aromatic carbocycles. The molecule has 0 spiro atoms. The Hall–Kier alpha value is -0.800. The van der Waals surface area contributed by atoms with Crippen LogP contribution in [0.25, 0.3) is 0 Å². The van der Waals surface area contributed by atoms with Crippen molar-refractivity contribution in [2.45, 2.75) is 72.0 Å². The fraction of sp³-hybridized carbons (Fsp3) is 0.778. The average Bonchev–Trinajstić information content (AvgIpc) is 3.12. The Labute approximate surface area is 130 Å². The highest BCUT2D eigenvalue weighted by molar-refractivity contribution is 5.12. The molecule has 0 aliphatic heterocycles. The Balaban J connectivity index is 1.91. The van der Waals surface area contributed by atoms with E-state index in [0.717, 1.165) is 37.4 Å². The lowest BCUT2D eigenvalue weighted by Crippen LogP contribution is -2.34. The van der Waals surface area contributed by atoms with Crippen LogP contribution >= 0.6 is 0 Å². The fourth-order valence-corrected chi connectivity index (χ4v) is 3.16. The van der Waals surface area contributed by atoms with Gasteiger partial charge in [-0.2, -0.15) is 0 Å². The summed E-state index contributed by atoms with van der Waals surface area (Å²) in [5.74, 6) is 1.90. The van der Waals surface area contributed by atoms with Crippen LogP contribution in [0.15, 0.2) is 16.7 Å². The maximum absolute atomic E-state index is 5.78. The van der Waals surface area contributed by atoms with Gasteiger partial charge in [0, 0.05) is 18.2 Å². The van der Waals surface area contributed by atoms with E-state index in [0.29, 0.717) is 0 Å². The maximum Gasteiger partial charge on any atom is 0.118 e. The van der Waals surface area contributed by atoms with E-state index in [1.807, 2.05) is 6.26 Å². The first-order chi connectivity index (χ1) is 10.2. The first-order valence-electron chi connectivity index (χ1n) is 8.70. The third kappa shape index (κ3) is 5.48. The number of nitrogens with zero attached hydrogens (tertiary/aromatic N) is 1. The van der Waals surface area contributed by atoms with Gasteiger partial charge < -0.3 is 9.73 Å². The van der Waals surface area contributed by atoms with Gasteiger partial charge in [-0.15, -0.1) is 0 Å². The Bertz CT molecular complexity index is 394. The molecule has 0 unspecified atom stereocenters. The molecule has 3 heteroatoms. The van der Waals surface area contributed by atoms with E-state index in [2.05, 4.69) is 37.1 Å². The number of hydrogen-bond donors (Lipinski definition) is 1. The lowest BCUT2D eigenvalue weighted by atomic mass is 10.1. The molecule has 1 aromatic rings. The van der Waals surface area contributed by atoms with Crippen molar-refractivity contribution >= 4 is 0 Å². The molecule has 1 heterocycles. The lowest BCUT2D eigenvalue weighted by molar-refractivity contribution is 0.166. The van der Waals surface area contributed by atoms with Gasteiger partial charge in [0.1, 0.15) is 5.76 Å². The molecule has 1 aromatic heterocycles. The van der Waals surface area contributed by atoms with Crippen molar-refractivity contribution in [1.29, 1.82) is 0 Å². The second kappa shape index (κ2) is 8.60. The predicted molar refractivity (Wildman–Crippen MR) is 88.2 cm³/mol. The molecule has 3 nitrogen and oxygen atoms in total. The van der Waals surface area contributed by atoms with Gasteiger partial charge in [0.15, 0.2) is 0 Å². The van der Waals surface area contributed by atoms with E-state index >= 15 is 0 Å². The van der Waals surface area contributed by atoms with Crippen LogP contribution in [0.3, 0.4) is 0 Å². The summed E-state index contributed by atoms with van der Waals surface area (Å²) < 4.78 is 5.78. The second-order valence-corrected chi connectivity index (χ2v) is 6.79. The summed E-state index contributed by atoms with van der Waals surface area (Å²) >= 11 is 0. The third-order valence-corrected chi connectivity index (χ3v) is 4.48. The van der Waals surface area contributed by atoms with Crippen molar-refractivity contribution in [3.63, 3.8) is 0 Å². The standard InChI is InChI=1S/C18H32N2O/c1-4-19-12-16-11-18(21-14-16)13-20(10-9-15(2)3)17-7-5-6-8-17/h11,14-15,17,19H,4-10,12-13H2,1-3H3. The SMILES string of the molecule is CCNCc1coc(CN(CCC(C)C)C2CCCC2)c1. The van der Waals surface area contributed by atoms with Gasteiger partial charge in [-0.05, 0) is 44.3 Å². The van der Waals surface area contributed by atoms with E-state index < -0.39 is 0 Å². The lowest BCUT2D eigenvalue weighted by Gasteiger charge is -2.28. The van der Waals surface area contributed by atoms with E-state index in [1.165, 1.54) is 44.2 Å². The van der Waals surface area contributed by atoms with Gasteiger partial charge in [-0.1, -0.05) is 33.6 Å². The maximum atomic E-state index is 5.78. The smallest absolute Gasteiger partial charge is 0.118 e. The third-order valence-electron chi connectivity index (χ3n) is 4.48. The molecule has 0 atom stereocenters. The van der Waals surface area contributed by atoms with E-state index in [1.54, 1.807) is 0 Å². The van der Waals surface area contributed by atoms with Crippen molar-refractivity contribution in [3.05, 3.63) is 23.7 Å². The summed E-state index contributed by atoms with van der Waals surface area (Å²) in [6.45, 7) is 10.9. The topological polar surface area (TPSA) is 28.4 Å². The van der Waals surface area contributed by atoms with Crippen LogP contribution in [-0.2, 0) is 13.1 Å². The van der Waals surface area contributed by atoms with Crippen molar-refractivity contribution in [3.8, 4) is 0 Å². The molecular formula is C18H32N2O. The monoisotopic (exact) mass is 292 g/mol. The quantitative estimate of drug-likeness (QED) is 0.740. The zero-order valence-electron chi connectivity index (χ0n) is 14.0. The Morgan fingerprint density at radius 2 is 2.10 bits per heavy atom. The van der Waals surface area contributed by atoms with Gasteiger partial charge in [0.25, 0.3) is 0 Å². The molecule has 0 saturated heterocycles. The number of furan rings is 1. The fourth-order valence-electron chi connectivity index (χ4n) is 3.16. The summed E-state index contributed by atoms with van der Waals surface area (Å²) in [5, 5.41) is 3.35. The van der Waals surface area contributed by atoms with E-state index in [9.17, 15) is 0 Å². The van der Waals surface area contributed by atoms with Gasteiger partial charge in [-0.3, -0.25) is 4.90 Å². The Kier molecular flexibility index (Phi) is 6.78. The highest BCUT2D eigenvalue weighted by Gasteiger charge is 2.23. The van der Waals surface area contributed by atoms with Crippen molar-refractivity contribution < 1.29 is 4.42 Å². The summed E-state index contributed by atoms with van der Waals surface area (Å²) in [7, 11) is 0. The van der Waals surface area contributed by atoms with Crippen LogP contribution in [-0.4, -0.2) is 24.0 Å². The van der Waals surface area contributed by atoms with E-state index in [4.69, 9.17) is 4.42 Å². The Morgan fingerprint density at radius 1 is 1.33 bits per heavy atom. The molecule has 120 valence electrons. The minimum Gasteiger partial charge on any atom is -0.468 e. The molecule has 1 aliphatic rings. The normalized spacial score (nSPS) is 16.4. The van der Waals surface area contributed by atoms with E-state index in [-0.39, 0.29) is 0 Å².